The number of aromatic amines is 1. The molecule has 0 aliphatic carbocycles. The second-order valence-corrected chi connectivity index (χ2v) is 8.78. The number of imidazole rings is 1. The molecule has 0 bridgehead atoms. The Morgan fingerprint density at radius 3 is 2.56 bits per heavy atom. The first-order chi connectivity index (χ1) is 17.7. The van der Waals surface area contributed by atoms with Gasteiger partial charge in [-0.25, -0.2) is 4.79 Å². The molecule has 0 unspecified atom stereocenters. The van der Waals surface area contributed by atoms with E-state index in [2.05, 4.69) is 57.7 Å². The van der Waals surface area contributed by atoms with Crippen LogP contribution in [0.4, 0.5) is 0 Å². The number of aryl methyl sites for hydroxylation is 2. The number of para-hydroxylation sites is 1. The third-order valence-corrected chi connectivity index (χ3v) is 6.44. The molecule has 0 fully saturated rings. The highest BCUT2D eigenvalue weighted by molar-refractivity contribution is 5.76. The Morgan fingerprint density at radius 2 is 1.81 bits per heavy atom. The van der Waals surface area contributed by atoms with Crippen LogP contribution in [0.1, 0.15) is 43.5 Å². The molecule has 3 aromatic heterocycles. The van der Waals surface area contributed by atoms with Gasteiger partial charge in [0.25, 0.3) is 0 Å². The van der Waals surface area contributed by atoms with E-state index >= 15 is 0 Å². The highest BCUT2D eigenvalue weighted by atomic mass is 16.1. The SMILES string of the molecule is CCCCc1cn(-c2ccccc2CC)c(=O)n1Cc1ccc(-c2ncccc2-c2nn[nH]n2)cc1. The standard InChI is InChI=1S/C28H29N7O/c1-3-5-10-23-19-35(25-12-7-6-9-21(25)4-2)28(36)34(23)18-20-13-15-22(16-14-20)26-24(11-8-17-29-26)27-30-32-33-31-27/h6-9,11-17,19H,3-5,10,18H2,1-2H3,(H,30,31,32,33). The lowest BCUT2D eigenvalue weighted by Gasteiger charge is -2.10. The van der Waals surface area contributed by atoms with Crippen molar-refractivity contribution in [1.82, 2.24) is 34.7 Å². The van der Waals surface area contributed by atoms with Crippen molar-refractivity contribution < 1.29 is 0 Å². The summed E-state index contributed by atoms with van der Waals surface area (Å²) in [5, 5.41) is 14.4. The van der Waals surface area contributed by atoms with Crippen LogP contribution in [-0.4, -0.2) is 34.7 Å². The number of nitrogens with one attached hydrogen (secondary N) is 1. The first kappa shape index (κ1) is 23.4. The Hall–Kier alpha value is -4.33. The van der Waals surface area contributed by atoms with E-state index in [-0.39, 0.29) is 5.69 Å². The average Bonchev–Trinajstić information content (AvgIpc) is 3.57. The molecule has 8 heteroatoms. The second kappa shape index (κ2) is 10.5. The fourth-order valence-electron chi connectivity index (χ4n) is 4.51. The van der Waals surface area contributed by atoms with Gasteiger partial charge >= 0.3 is 5.69 Å². The zero-order valence-corrected chi connectivity index (χ0v) is 20.6. The Morgan fingerprint density at radius 1 is 0.972 bits per heavy atom. The van der Waals surface area contributed by atoms with Crippen LogP contribution >= 0.6 is 0 Å². The molecule has 182 valence electrons. The van der Waals surface area contributed by atoms with Crippen molar-refractivity contribution in [3.8, 4) is 28.3 Å². The Labute approximate surface area is 209 Å². The van der Waals surface area contributed by atoms with Crippen molar-refractivity contribution in [1.29, 1.82) is 0 Å². The van der Waals surface area contributed by atoms with E-state index in [0.717, 1.165) is 65.0 Å². The molecule has 0 atom stereocenters. The second-order valence-electron chi connectivity index (χ2n) is 8.78. The highest BCUT2D eigenvalue weighted by Crippen LogP contribution is 2.27. The van der Waals surface area contributed by atoms with Gasteiger partial charge in [-0.05, 0) is 53.8 Å². The molecule has 36 heavy (non-hydrogen) atoms. The summed E-state index contributed by atoms with van der Waals surface area (Å²) >= 11 is 0. The molecule has 0 saturated carbocycles. The predicted octanol–water partition coefficient (Wildman–Crippen LogP) is 4.83. The zero-order valence-electron chi connectivity index (χ0n) is 20.6. The van der Waals surface area contributed by atoms with Crippen LogP contribution in [0.5, 0.6) is 0 Å². The molecule has 0 amide bonds. The maximum atomic E-state index is 13.6. The number of nitrogens with zero attached hydrogens (tertiary/aromatic N) is 6. The van der Waals surface area contributed by atoms with Crippen molar-refractivity contribution in [2.24, 2.45) is 0 Å². The summed E-state index contributed by atoms with van der Waals surface area (Å²) in [6.07, 6.45) is 7.63. The molecule has 0 radical (unpaired) electrons. The number of benzene rings is 2. The van der Waals surface area contributed by atoms with Crippen LogP contribution in [0.15, 0.2) is 77.9 Å². The Balaban J connectivity index is 1.48. The van der Waals surface area contributed by atoms with Crippen molar-refractivity contribution in [3.05, 3.63) is 100 Å². The maximum absolute atomic E-state index is 13.6. The Bertz CT molecular complexity index is 1500. The van der Waals surface area contributed by atoms with Gasteiger partial charge in [0.05, 0.1) is 17.9 Å². The molecule has 0 aliphatic heterocycles. The summed E-state index contributed by atoms with van der Waals surface area (Å²) in [4.78, 5) is 18.1. The molecule has 8 nitrogen and oxygen atoms in total. The lowest BCUT2D eigenvalue weighted by atomic mass is 10.0. The molecule has 5 rings (SSSR count). The molecule has 0 aliphatic rings. The van der Waals surface area contributed by atoms with Gasteiger partial charge < -0.3 is 0 Å². The molecule has 5 aromatic rings. The minimum atomic E-state index is -0.00445. The van der Waals surface area contributed by atoms with E-state index in [1.807, 2.05) is 57.8 Å². The van der Waals surface area contributed by atoms with E-state index in [1.54, 1.807) is 6.20 Å². The van der Waals surface area contributed by atoms with Crippen LogP contribution in [0.2, 0.25) is 0 Å². The average molecular weight is 480 g/mol. The zero-order chi connectivity index (χ0) is 24.9. The number of H-pyrrole nitrogens is 1. The molecular weight excluding hydrogens is 450 g/mol. The third-order valence-electron chi connectivity index (χ3n) is 6.44. The van der Waals surface area contributed by atoms with Crippen LogP contribution in [-0.2, 0) is 19.4 Å². The molecular formula is C28H29N7O. The van der Waals surface area contributed by atoms with Gasteiger partial charge in [-0.15, -0.1) is 10.2 Å². The third kappa shape index (κ3) is 4.62. The number of rotatable bonds is 9. The number of aromatic nitrogens is 7. The fraction of sp³-hybridized carbons (Fsp3) is 0.250. The number of pyridine rings is 1. The van der Waals surface area contributed by atoms with E-state index < -0.39 is 0 Å². The van der Waals surface area contributed by atoms with Gasteiger partial charge in [-0.2, -0.15) is 5.21 Å². The summed E-state index contributed by atoms with van der Waals surface area (Å²) < 4.78 is 3.71. The first-order valence-electron chi connectivity index (χ1n) is 12.4. The summed E-state index contributed by atoms with van der Waals surface area (Å²) in [6.45, 7) is 4.80. The first-order valence-corrected chi connectivity index (χ1v) is 12.4. The molecule has 2 aromatic carbocycles. The van der Waals surface area contributed by atoms with Gasteiger partial charge in [-0.3, -0.25) is 14.1 Å². The molecule has 0 saturated heterocycles. The van der Waals surface area contributed by atoms with Crippen molar-refractivity contribution >= 4 is 0 Å². The predicted molar refractivity (Wildman–Crippen MR) is 140 cm³/mol. The van der Waals surface area contributed by atoms with Gasteiger partial charge in [0.1, 0.15) is 0 Å². The van der Waals surface area contributed by atoms with Crippen LogP contribution < -0.4 is 5.69 Å². The fourth-order valence-corrected chi connectivity index (χ4v) is 4.51. The van der Waals surface area contributed by atoms with Gasteiger partial charge in [-0.1, -0.05) is 62.7 Å². The molecule has 1 N–H and O–H groups in total. The number of hydrogen-bond acceptors (Lipinski definition) is 5. The monoisotopic (exact) mass is 479 g/mol. The van der Waals surface area contributed by atoms with Crippen LogP contribution in [0.25, 0.3) is 28.3 Å². The van der Waals surface area contributed by atoms with Gasteiger partial charge in [0.15, 0.2) is 0 Å². The van der Waals surface area contributed by atoms with Gasteiger partial charge in [0, 0.05) is 29.2 Å². The summed E-state index contributed by atoms with van der Waals surface area (Å²) in [5.41, 5.74) is 6.77. The molecule has 0 spiro atoms. The minimum absolute atomic E-state index is 0.00445. The summed E-state index contributed by atoms with van der Waals surface area (Å²) in [5.74, 6) is 0.503. The van der Waals surface area contributed by atoms with Crippen LogP contribution in [0.3, 0.4) is 0 Å². The van der Waals surface area contributed by atoms with E-state index in [0.29, 0.717) is 12.4 Å². The number of tetrazole rings is 1. The topological polar surface area (TPSA) is 94.3 Å². The maximum Gasteiger partial charge on any atom is 0.333 e. The van der Waals surface area contributed by atoms with Gasteiger partial charge in [0.2, 0.25) is 5.82 Å². The smallest absolute Gasteiger partial charge is 0.292 e. The lowest BCUT2D eigenvalue weighted by molar-refractivity contribution is 0.673. The minimum Gasteiger partial charge on any atom is -0.292 e. The number of unbranched alkanes of at least 4 members (excludes halogenated alkanes) is 1. The number of hydrogen-bond donors (Lipinski definition) is 1. The van der Waals surface area contributed by atoms with Crippen molar-refractivity contribution in [2.75, 3.05) is 0 Å². The van der Waals surface area contributed by atoms with Crippen LogP contribution in [0, 0.1) is 0 Å². The Kier molecular flexibility index (Phi) is 6.84. The van der Waals surface area contributed by atoms with E-state index in [9.17, 15) is 4.79 Å². The normalized spacial score (nSPS) is 11.2. The largest absolute Gasteiger partial charge is 0.333 e. The van der Waals surface area contributed by atoms with Crippen molar-refractivity contribution in [3.63, 3.8) is 0 Å². The molecule has 3 heterocycles. The quantitative estimate of drug-likeness (QED) is 0.327. The van der Waals surface area contributed by atoms with E-state index in [1.165, 1.54) is 0 Å². The highest BCUT2D eigenvalue weighted by Gasteiger charge is 2.16. The summed E-state index contributed by atoms with van der Waals surface area (Å²) in [6, 6.07) is 20.1. The lowest BCUT2D eigenvalue weighted by Crippen LogP contribution is -2.25. The van der Waals surface area contributed by atoms with Crippen molar-refractivity contribution in [2.45, 2.75) is 46.1 Å². The van der Waals surface area contributed by atoms with E-state index in [4.69, 9.17) is 0 Å². The summed E-state index contributed by atoms with van der Waals surface area (Å²) in [7, 11) is 0.